The van der Waals surface area contributed by atoms with Gasteiger partial charge in [0.1, 0.15) is 11.9 Å². The average molecular weight is 241 g/mol. The Morgan fingerprint density at radius 1 is 1.27 bits per heavy atom. The predicted molar refractivity (Wildman–Crippen MR) is 43.9 cm³/mol. The molecule has 0 aromatic heterocycles. The molecule has 0 fully saturated rings. The largest absolute Gasteiger partial charge is 1.00 e. The Kier molecular flexibility index (Phi) is 6.07. The minimum absolute atomic E-state index is 0. The summed E-state index contributed by atoms with van der Waals surface area (Å²) in [6.07, 6.45) is -1.09. The summed E-state index contributed by atoms with van der Waals surface area (Å²) in [5, 5.41) is 8.38. The minimum atomic E-state index is -4.95. The van der Waals surface area contributed by atoms with Gasteiger partial charge >= 0.3 is 58.4 Å². The monoisotopic (exact) mass is 241 g/mol. The number of hydrogen-bond acceptors (Lipinski definition) is 1. The molecule has 0 saturated carbocycles. The number of hydrogen-bond donors (Lipinski definition) is 0. The zero-order valence-corrected chi connectivity index (χ0v) is 11.1. The molecule has 1 nitrogen and oxygen atoms in total. The molecular formula is C8H5BF4KN. The SMILES string of the molecule is N#Cc1cc(C[B-](F)(F)F)ccc1F.[K+]. The molecule has 15 heavy (non-hydrogen) atoms. The van der Waals surface area contributed by atoms with E-state index in [-0.39, 0.29) is 62.5 Å². The Labute approximate surface area is 127 Å². The summed E-state index contributed by atoms with van der Waals surface area (Å²) >= 11 is 0. The van der Waals surface area contributed by atoms with Crippen LogP contribution in [0.4, 0.5) is 17.3 Å². The quantitative estimate of drug-likeness (QED) is 0.512. The van der Waals surface area contributed by atoms with Crippen molar-refractivity contribution in [2.24, 2.45) is 0 Å². The van der Waals surface area contributed by atoms with Gasteiger partial charge in [0.15, 0.2) is 0 Å². The van der Waals surface area contributed by atoms with Gasteiger partial charge in [-0.1, -0.05) is 17.9 Å². The predicted octanol–water partition coefficient (Wildman–Crippen LogP) is -0.370. The van der Waals surface area contributed by atoms with Crippen molar-refractivity contribution in [3.05, 3.63) is 35.1 Å². The van der Waals surface area contributed by atoms with E-state index >= 15 is 0 Å². The molecule has 0 bridgehead atoms. The summed E-state index contributed by atoms with van der Waals surface area (Å²) in [5.74, 6) is -0.800. The van der Waals surface area contributed by atoms with Gasteiger partial charge in [0.2, 0.25) is 0 Å². The van der Waals surface area contributed by atoms with Crippen LogP contribution < -0.4 is 51.4 Å². The van der Waals surface area contributed by atoms with Crippen molar-refractivity contribution in [3.63, 3.8) is 0 Å². The van der Waals surface area contributed by atoms with E-state index in [0.29, 0.717) is 0 Å². The first-order valence-electron chi connectivity index (χ1n) is 3.82. The molecule has 0 spiro atoms. The number of nitrogens with zero attached hydrogens (tertiary/aromatic N) is 1. The molecule has 0 aliphatic carbocycles. The smallest absolute Gasteiger partial charge is 0.449 e. The van der Waals surface area contributed by atoms with Crippen LogP contribution in [0.1, 0.15) is 11.1 Å². The molecule has 0 aliphatic heterocycles. The topological polar surface area (TPSA) is 23.8 Å². The summed E-state index contributed by atoms with van der Waals surface area (Å²) in [4.78, 5) is 0. The molecule has 0 unspecified atom stereocenters. The molecule has 0 atom stereocenters. The molecule has 1 aromatic carbocycles. The first kappa shape index (κ1) is 15.1. The fourth-order valence-corrected chi connectivity index (χ4v) is 1.05. The van der Waals surface area contributed by atoms with E-state index < -0.39 is 19.1 Å². The maximum atomic E-state index is 12.7. The second-order valence-corrected chi connectivity index (χ2v) is 2.84. The third-order valence-corrected chi connectivity index (χ3v) is 1.62. The molecule has 1 aromatic rings. The Hall–Kier alpha value is 0.131. The summed E-state index contributed by atoms with van der Waals surface area (Å²) < 4.78 is 48.6. The first-order valence-corrected chi connectivity index (χ1v) is 3.82. The van der Waals surface area contributed by atoms with Gasteiger partial charge in [-0.3, -0.25) is 0 Å². The van der Waals surface area contributed by atoms with E-state index in [1.165, 1.54) is 6.07 Å². The van der Waals surface area contributed by atoms with Crippen molar-refractivity contribution in [1.82, 2.24) is 0 Å². The van der Waals surface area contributed by atoms with Crippen LogP contribution >= 0.6 is 0 Å². The third kappa shape index (κ3) is 5.13. The second-order valence-electron chi connectivity index (χ2n) is 2.84. The molecule has 0 N–H and O–H groups in total. The van der Waals surface area contributed by atoms with Gasteiger partial charge < -0.3 is 12.9 Å². The third-order valence-electron chi connectivity index (χ3n) is 1.62. The van der Waals surface area contributed by atoms with Gasteiger partial charge in [-0.15, -0.1) is 0 Å². The normalized spacial score (nSPS) is 10.3. The minimum Gasteiger partial charge on any atom is -0.449 e. The molecule has 74 valence electrons. The number of nitriles is 1. The van der Waals surface area contributed by atoms with Gasteiger partial charge in [0.25, 0.3) is 0 Å². The fourth-order valence-electron chi connectivity index (χ4n) is 1.05. The summed E-state index contributed by atoms with van der Waals surface area (Å²) in [5.41, 5.74) is -0.446. The van der Waals surface area contributed by atoms with E-state index in [2.05, 4.69) is 0 Å². The summed E-state index contributed by atoms with van der Waals surface area (Å²) in [7, 11) is 0. The van der Waals surface area contributed by atoms with Gasteiger partial charge in [0.05, 0.1) is 5.56 Å². The standard InChI is InChI=1S/C8H5BF4N.K/c10-8-2-1-6(3-7(8)5-14)4-9(11,12)13;/h1-3H,4H2;/q-1;+1. The van der Waals surface area contributed by atoms with E-state index in [1.54, 1.807) is 0 Å². The van der Waals surface area contributed by atoms with Crippen LogP contribution in [-0.4, -0.2) is 6.98 Å². The molecular weight excluding hydrogens is 236 g/mol. The Bertz CT molecular complexity index is 385. The van der Waals surface area contributed by atoms with Crippen molar-refractivity contribution in [2.45, 2.75) is 6.32 Å². The molecule has 0 saturated heterocycles. The summed E-state index contributed by atoms with van der Waals surface area (Å²) in [6, 6.07) is 4.31. The summed E-state index contributed by atoms with van der Waals surface area (Å²) in [6.45, 7) is -4.95. The molecule has 7 heteroatoms. The fraction of sp³-hybridized carbons (Fsp3) is 0.125. The van der Waals surface area contributed by atoms with Crippen LogP contribution in [0.2, 0.25) is 0 Å². The van der Waals surface area contributed by atoms with E-state index in [4.69, 9.17) is 5.26 Å². The Morgan fingerprint density at radius 3 is 2.33 bits per heavy atom. The molecule has 0 radical (unpaired) electrons. The van der Waals surface area contributed by atoms with Crippen molar-refractivity contribution >= 4 is 6.98 Å². The van der Waals surface area contributed by atoms with Crippen LogP contribution in [0.5, 0.6) is 0 Å². The van der Waals surface area contributed by atoms with Crippen LogP contribution in [0.15, 0.2) is 18.2 Å². The van der Waals surface area contributed by atoms with Gasteiger partial charge in [-0.05, 0) is 12.1 Å². The first-order chi connectivity index (χ1) is 6.42. The number of halogens is 4. The van der Waals surface area contributed by atoms with Crippen molar-refractivity contribution in [2.75, 3.05) is 0 Å². The van der Waals surface area contributed by atoms with Gasteiger partial charge in [-0.2, -0.15) is 5.26 Å². The van der Waals surface area contributed by atoms with E-state index in [1.807, 2.05) is 0 Å². The maximum absolute atomic E-state index is 12.7. The van der Waals surface area contributed by atoms with Crippen molar-refractivity contribution in [1.29, 1.82) is 5.26 Å². The van der Waals surface area contributed by atoms with Crippen LogP contribution in [-0.2, 0) is 6.32 Å². The molecule has 0 aliphatic rings. The van der Waals surface area contributed by atoms with E-state index in [0.717, 1.165) is 18.2 Å². The zero-order chi connectivity index (χ0) is 10.8. The van der Waals surface area contributed by atoms with Crippen LogP contribution in [0.3, 0.4) is 0 Å². The maximum Gasteiger partial charge on any atom is 1.00 e. The average Bonchev–Trinajstić information content (AvgIpc) is 2.06. The zero-order valence-electron chi connectivity index (χ0n) is 7.98. The van der Waals surface area contributed by atoms with Gasteiger partial charge in [0, 0.05) is 0 Å². The van der Waals surface area contributed by atoms with Crippen molar-refractivity contribution in [3.8, 4) is 6.07 Å². The van der Waals surface area contributed by atoms with Crippen LogP contribution in [0.25, 0.3) is 0 Å². The van der Waals surface area contributed by atoms with E-state index in [9.17, 15) is 17.3 Å². The van der Waals surface area contributed by atoms with Crippen LogP contribution in [0, 0.1) is 17.1 Å². The van der Waals surface area contributed by atoms with Crippen molar-refractivity contribution < 1.29 is 68.7 Å². The Morgan fingerprint density at radius 2 is 1.87 bits per heavy atom. The second kappa shape index (κ2) is 6.01. The molecule has 1 rings (SSSR count). The Balaban J connectivity index is 0.00000196. The number of rotatable bonds is 2. The molecule has 0 amide bonds. The number of benzene rings is 1. The molecule has 0 heterocycles. The van der Waals surface area contributed by atoms with Gasteiger partial charge in [-0.25, -0.2) is 4.39 Å².